The number of methoxy groups -OCH3 is 1. The molecule has 1 aromatic heterocycles. The van der Waals surface area contributed by atoms with E-state index in [1.807, 2.05) is 54.6 Å². The van der Waals surface area contributed by atoms with Gasteiger partial charge in [-0.05, 0) is 35.0 Å². The second kappa shape index (κ2) is 6.00. The van der Waals surface area contributed by atoms with E-state index in [0.29, 0.717) is 0 Å². The summed E-state index contributed by atoms with van der Waals surface area (Å²) in [5.41, 5.74) is 2.75. The molecule has 3 aromatic rings. The van der Waals surface area contributed by atoms with Crippen molar-refractivity contribution in [3.05, 3.63) is 66.4 Å². The average molecular weight is 278 g/mol. The standard InChI is InChI=1S/C16H14N4O/c1-21-15-9-7-14(8-10-15)16-12-20(19-18-16)17-11-13-5-3-2-4-6-13/h2-12H,1H3/b17-11+. The Morgan fingerprint density at radius 2 is 1.81 bits per heavy atom. The van der Waals surface area contributed by atoms with Gasteiger partial charge in [0.15, 0.2) is 0 Å². The highest BCUT2D eigenvalue weighted by Crippen LogP contribution is 2.19. The van der Waals surface area contributed by atoms with E-state index in [1.54, 1.807) is 19.5 Å². The maximum atomic E-state index is 5.13. The van der Waals surface area contributed by atoms with Crippen LogP contribution in [0, 0.1) is 0 Å². The molecule has 2 aromatic carbocycles. The Balaban J connectivity index is 1.78. The molecule has 21 heavy (non-hydrogen) atoms. The number of rotatable bonds is 4. The fourth-order valence-corrected chi connectivity index (χ4v) is 1.87. The van der Waals surface area contributed by atoms with E-state index in [0.717, 1.165) is 22.6 Å². The summed E-state index contributed by atoms with van der Waals surface area (Å²) in [6.45, 7) is 0. The molecular weight excluding hydrogens is 264 g/mol. The molecule has 5 nitrogen and oxygen atoms in total. The third-order valence-corrected chi connectivity index (χ3v) is 2.99. The monoisotopic (exact) mass is 278 g/mol. The molecule has 0 aliphatic heterocycles. The summed E-state index contributed by atoms with van der Waals surface area (Å²) < 4.78 is 5.13. The van der Waals surface area contributed by atoms with Crippen LogP contribution >= 0.6 is 0 Å². The van der Waals surface area contributed by atoms with Crippen molar-refractivity contribution in [1.82, 2.24) is 15.1 Å². The van der Waals surface area contributed by atoms with Gasteiger partial charge in [0.05, 0.1) is 19.5 Å². The number of hydrogen-bond acceptors (Lipinski definition) is 4. The first-order valence-corrected chi connectivity index (χ1v) is 6.51. The van der Waals surface area contributed by atoms with E-state index in [-0.39, 0.29) is 0 Å². The summed E-state index contributed by atoms with van der Waals surface area (Å²) in [6.07, 6.45) is 3.52. The molecule has 0 unspecified atom stereocenters. The molecule has 3 rings (SSSR count). The van der Waals surface area contributed by atoms with Gasteiger partial charge in [0.25, 0.3) is 0 Å². The summed E-state index contributed by atoms with van der Waals surface area (Å²) in [5, 5.41) is 12.4. The van der Waals surface area contributed by atoms with Gasteiger partial charge < -0.3 is 4.74 Å². The Hall–Kier alpha value is -2.95. The SMILES string of the molecule is COc1ccc(-c2cn(/N=C/c3ccccc3)nn2)cc1. The summed E-state index contributed by atoms with van der Waals surface area (Å²) in [7, 11) is 1.64. The Labute approximate surface area is 122 Å². The lowest BCUT2D eigenvalue weighted by atomic mass is 10.2. The van der Waals surface area contributed by atoms with Gasteiger partial charge >= 0.3 is 0 Å². The van der Waals surface area contributed by atoms with Gasteiger partial charge in [-0.15, -0.1) is 9.89 Å². The molecule has 5 heteroatoms. The molecule has 0 fully saturated rings. The van der Waals surface area contributed by atoms with Crippen molar-refractivity contribution < 1.29 is 4.74 Å². The van der Waals surface area contributed by atoms with Crippen molar-refractivity contribution >= 4 is 6.21 Å². The third kappa shape index (κ3) is 3.14. The van der Waals surface area contributed by atoms with Crippen LogP contribution in [0.3, 0.4) is 0 Å². The van der Waals surface area contributed by atoms with Crippen molar-refractivity contribution in [3.8, 4) is 17.0 Å². The summed E-state index contributed by atoms with van der Waals surface area (Å²) >= 11 is 0. The number of aromatic nitrogens is 3. The van der Waals surface area contributed by atoms with Crippen LogP contribution in [0.15, 0.2) is 65.9 Å². The van der Waals surface area contributed by atoms with E-state index in [2.05, 4.69) is 15.4 Å². The highest BCUT2D eigenvalue weighted by molar-refractivity contribution is 5.79. The van der Waals surface area contributed by atoms with Crippen LogP contribution in [0.25, 0.3) is 11.3 Å². The predicted octanol–water partition coefficient (Wildman–Crippen LogP) is 2.84. The summed E-state index contributed by atoms with van der Waals surface area (Å²) in [5.74, 6) is 0.813. The van der Waals surface area contributed by atoms with Crippen LogP contribution in [0.2, 0.25) is 0 Å². The molecule has 0 saturated carbocycles. The number of hydrogen-bond donors (Lipinski definition) is 0. The molecule has 1 heterocycles. The van der Waals surface area contributed by atoms with Crippen molar-refractivity contribution in [2.24, 2.45) is 5.10 Å². The van der Waals surface area contributed by atoms with Crippen LogP contribution < -0.4 is 4.74 Å². The van der Waals surface area contributed by atoms with Crippen LogP contribution in [0.5, 0.6) is 5.75 Å². The van der Waals surface area contributed by atoms with E-state index in [9.17, 15) is 0 Å². The first-order chi connectivity index (χ1) is 10.3. The normalized spacial score (nSPS) is 10.9. The van der Waals surface area contributed by atoms with Gasteiger partial charge in [-0.25, -0.2) is 0 Å². The Morgan fingerprint density at radius 1 is 1.05 bits per heavy atom. The maximum Gasteiger partial charge on any atom is 0.118 e. The van der Waals surface area contributed by atoms with Gasteiger partial charge in [-0.2, -0.15) is 5.10 Å². The Kier molecular flexibility index (Phi) is 3.73. The van der Waals surface area contributed by atoms with E-state index < -0.39 is 0 Å². The second-order valence-corrected chi connectivity index (χ2v) is 4.41. The Morgan fingerprint density at radius 3 is 2.52 bits per heavy atom. The zero-order chi connectivity index (χ0) is 14.5. The summed E-state index contributed by atoms with van der Waals surface area (Å²) in [6, 6.07) is 17.5. The van der Waals surface area contributed by atoms with Crippen LogP contribution in [-0.2, 0) is 0 Å². The lowest BCUT2D eigenvalue weighted by molar-refractivity contribution is 0.415. The number of nitrogens with zero attached hydrogens (tertiary/aromatic N) is 4. The number of benzene rings is 2. The lowest BCUT2D eigenvalue weighted by Crippen LogP contribution is -1.90. The fraction of sp³-hybridized carbons (Fsp3) is 0.0625. The van der Waals surface area contributed by atoms with Crippen molar-refractivity contribution in [2.75, 3.05) is 7.11 Å². The first-order valence-electron chi connectivity index (χ1n) is 6.51. The molecule has 0 radical (unpaired) electrons. The molecule has 0 aliphatic carbocycles. The van der Waals surface area contributed by atoms with Crippen molar-refractivity contribution in [2.45, 2.75) is 0 Å². The van der Waals surface area contributed by atoms with Gasteiger partial charge in [-0.1, -0.05) is 30.3 Å². The number of ether oxygens (including phenoxy) is 1. The summed E-state index contributed by atoms with van der Waals surface area (Å²) in [4.78, 5) is 1.45. The second-order valence-electron chi connectivity index (χ2n) is 4.41. The Bertz CT molecular complexity index is 732. The third-order valence-electron chi connectivity index (χ3n) is 2.99. The molecule has 0 spiro atoms. The molecule has 0 atom stereocenters. The van der Waals surface area contributed by atoms with Gasteiger partial charge in [-0.3, -0.25) is 0 Å². The quantitative estimate of drug-likeness (QED) is 0.689. The van der Waals surface area contributed by atoms with Crippen molar-refractivity contribution in [3.63, 3.8) is 0 Å². The minimum Gasteiger partial charge on any atom is -0.497 e. The van der Waals surface area contributed by atoms with E-state index >= 15 is 0 Å². The van der Waals surface area contributed by atoms with Crippen molar-refractivity contribution in [1.29, 1.82) is 0 Å². The molecule has 0 aliphatic rings. The molecule has 0 amide bonds. The van der Waals surface area contributed by atoms with E-state index in [4.69, 9.17) is 4.74 Å². The zero-order valence-electron chi connectivity index (χ0n) is 11.5. The minimum absolute atomic E-state index is 0.767. The molecular formula is C16H14N4O. The molecule has 0 saturated heterocycles. The molecule has 0 N–H and O–H groups in total. The highest BCUT2D eigenvalue weighted by atomic mass is 16.5. The smallest absolute Gasteiger partial charge is 0.118 e. The zero-order valence-corrected chi connectivity index (χ0v) is 11.5. The maximum absolute atomic E-state index is 5.13. The fourth-order valence-electron chi connectivity index (χ4n) is 1.87. The van der Waals surface area contributed by atoms with Crippen LogP contribution in [0.1, 0.15) is 5.56 Å². The topological polar surface area (TPSA) is 52.3 Å². The minimum atomic E-state index is 0.767. The molecule has 0 bridgehead atoms. The first kappa shape index (κ1) is 13.1. The lowest BCUT2D eigenvalue weighted by Gasteiger charge is -1.99. The van der Waals surface area contributed by atoms with Crippen LogP contribution in [0.4, 0.5) is 0 Å². The molecule has 104 valence electrons. The largest absolute Gasteiger partial charge is 0.497 e. The van der Waals surface area contributed by atoms with Gasteiger partial charge in [0.2, 0.25) is 0 Å². The predicted molar refractivity (Wildman–Crippen MR) is 81.4 cm³/mol. The van der Waals surface area contributed by atoms with E-state index in [1.165, 1.54) is 4.79 Å². The van der Waals surface area contributed by atoms with Gasteiger partial charge in [0, 0.05) is 5.56 Å². The highest BCUT2D eigenvalue weighted by Gasteiger charge is 2.03. The van der Waals surface area contributed by atoms with Crippen LogP contribution in [-0.4, -0.2) is 28.4 Å². The average Bonchev–Trinajstić information content (AvgIpc) is 3.03. The van der Waals surface area contributed by atoms with Gasteiger partial charge in [0.1, 0.15) is 11.4 Å².